The second kappa shape index (κ2) is 12.9. The Bertz CT molecular complexity index is 359. The smallest absolute Gasteiger partial charge is 0.393 e. The second-order valence-corrected chi connectivity index (χ2v) is 14.9. The molecule has 150 valence electrons. The monoisotopic (exact) mass is 391 g/mol. The molecular formula is C18H41NO4Si2. The van der Waals surface area contributed by atoms with E-state index in [2.05, 4.69) is 46.5 Å². The fourth-order valence-electron chi connectivity index (χ4n) is 2.94. The zero-order valence-electron chi connectivity index (χ0n) is 17.6. The van der Waals surface area contributed by atoms with Gasteiger partial charge >= 0.3 is 14.7 Å². The van der Waals surface area contributed by atoms with Gasteiger partial charge in [0.05, 0.1) is 0 Å². The van der Waals surface area contributed by atoms with E-state index in [1.54, 1.807) is 0 Å². The van der Waals surface area contributed by atoms with Crippen molar-refractivity contribution in [2.24, 2.45) is 0 Å². The van der Waals surface area contributed by atoms with Gasteiger partial charge in [0.25, 0.3) is 8.32 Å². The van der Waals surface area contributed by atoms with Crippen molar-refractivity contribution in [2.45, 2.75) is 97.6 Å². The molecule has 5 nitrogen and oxygen atoms in total. The Morgan fingerprint density at radius 3 is 2.12 bits per heavy atom. The van der Waals surface area contributed by atoms with Gasteiger partial charge in [-0.3, -0.25) is 0 Å². The van der Waals surface area contributed by atoms with E-state index in [0.29, 0.717) is 13.2 Å². The number of carbonyl (C=O) groups is 1. The van der Waals surface area contributed by atoms with E-state index >= 15 is 0 Å². The maximum Gasteiger partial charge on any atom is 0.393 e. The largest absolute Gasteiger partial charge is 0.504 e. The first-order valence-electron chi connectivity index (χ1n) is 10.1. The minimum absolute atomic E-state index is 0.238. The summed E-state index contributed by atoms with van der Waals surface area (Å²) in [7, 11) is -3.96. The van der Waals surface area contributed by atoms with Crippen LogP contribution < -0.4 is 5.32 Å². The lowest BCUT2D eigenvalue weighted by Gasteiger charge is -2.30. The topological polar surface area (TPSA) is 56.8 Å². The van der Waals surface area contributed by atoms with Gasteiger partial charge in [-0.25, -0.2) is 4.79 Å². The highest BCUT2D eigenvalue weighted by molar-refractivity contribution is 6.74. The Hall–Kier alpha value is -0.376. The molecule has 0 fully saturated rings. The normalized spacial score (nSPS) is 15.5. The van der Waals surface area contributed by atoms with Gasteiger partial charge in [-0.2, -0.15) is 0 Å². The van der Waals surface area contributed by atoms with Gasteiger partial charge in [0.15, 0.2) is 0 Å². The SMILES string of the molecule is CCO[Si](C)(CCCCNC(=O)O[Si](CC)(CC)CC)OC(C)CC. The van der Waals surface area contributed by atoms with Gasteiger partial charge in [-0.1, -0.05) is 27.7 Å². The molecule has 0 saturated heterocycles. The number of unbranched alkanes of at least 4 members (excludes halogenated alkanes) is 1. The molecule has 0 saturated carbocycles. The minimum atomic E-state index is -2.10. The van der Waals surface area contributed by atoms with Crippen LogP contribution in [0.25, 0.3) is 0 Å². The fourth-order valence-corrected chi connectivity index (χ4v) is 8.19. The standard InChI is InChI=1S/C18H41NO4Si2/c1-8-17(6)22-24(7,21-9-2)16-14-13-15-19-18(20)23-25(10-3,11-4)12-5/h17H,8-16H2,1-7H3,(H,19,20). The van der Waals surface area contributed by atoms with Gasteiger partial charge in [-0.15, -0.1) is 0 Å². The molecular weight excluding hydrogens is 350 g/mol. The minimum Gasteiger partial charge on any atom is -0.504 e. The summed E-state index contributed by atoms with van der Waals surface area (Å²) in [6.07, 6.45) is 2.93. The van der Waals surface area contributed by atoms with Crippen LogP contribution in [0.1, 0.15) is 60.8 Å². The first kappa shape index (κ1) is 24.6. The number of hydrogen-bond acceptors (Lipinski definition) is 4. The Labute approximate surface area is 157 Å². The molecule has 0 radical (unpaired) electrons. The summed E-state index contributed by atoms with van der Waals surface area (Å²) in [5.41, 5.74) is 0. The van der Waals surface area contributed by atoms with Crippen LogP contribution in [0.2, 0.25) is 30.7 Å². The molecule has 7 heteroatoms. The molecule has 2 atom stereocenters. The van der Waals surface area contributed by atoms with Gasteiger partial charge in [0.1, 0.15) is 0 Å². The van der Waals surface area contributed by atoms with E-state index in [4.69, 9.17) is 13.3 Å². The zero-order valence-corrected chi connectivity index (χ0v) is 19.6. The maximum absolute atomic E-state index is 12.0. The third-order valence-corrected chi connectivity index (χ3v) is 12.6. The van der Waals surface area contributed by atoms with Crippen molar-refractivity contribution < 1.29 is 18.1 Å². The molecule has 0 aromatic rings. The lowest BCUT2D eigenvalue weighted by atomic mass is 10.3. The number of hydrogen-bond donors (Lipinski definition) is 1. The van der Waals surface area contributed by atoms with Crippen molar-refractivity contribution in [3.8, 4) is 0 Å². The lowest BCUT2D eigenvalue weighted by molar-refractivity contribution is 0.127. The van der Waals surface area contributed by atoms with Crippen molar-refractivity contribution in [3.05, 3.63) is 0 Å². The third kappa shape index (κ3) is 9.77. The van der Waals surface area contributed by atoms with Gasteiger partial charge in [0, 0.05) is 19.3 Å². The molecule has 0 aliphatic heterocycles. The predicted molar refractivity (Wildman–Crippen MR) is 110 cm³/mol. The molecule has 0 aliphatic rings. The highest BCUT2D eigenvalue weighted by atomic mass is 28.4. The van der Waals surface area contributed by atoms with Crippen molar-refractivity contribution in [1.82, 2.24) is 5.32 Å². The number of carbonyl (C=O) groups excluding carboxylic acids is 1. The van der Waals surface area contributed by atoms with Crippen LogP contribution in [0.3, 0.4) is 0 Å². The number of rotatable bonds is 14. The lowest BCUT2D eigenvalue weighted by Crippen LogP contribution is -2.42. The van der Waals surface area contributed by atoms with Gasteiger partial charge in [0.2, 0.25) is 0 Å². The maximum atomic E-state index is 12.0. The fraction of sp³-hybridized carbons (Fsp3) is 0.944. The molecule has 0 aromatic heterocycles. The van der Waals surface area contributed by atoms with Crippen LogP contribution in [0.15, 0.2) is 0 Å². The van der Waals surface area contributed by atoms with Crippen molar-refractivity contribution in [3.63, 3.8) is 0 Å². The Balaban J connectivity index is 4.19. The van der Waals surface area contributed by atoms with Crippen molar-refractivity contribution in [1.29, 1.82) is 0 Å². The first-order valence-corrected chi connectivity index (χ1v) is 15.1. The molecule has 0 rings (SSSR count). The summed E-state index contributed by atoms with van der Waals surface area (Å²) >= 11 is 0. The van der Waals surface area contributed by atoms with Crippen LogP contribution in [-0.2, 0) is 13.3 Å². The van der Waals surface area contributed by atoms with E-state index < -0.39 is 16.9 Å². The van der Waals surface area contributed by atoms with Crippen molar-refractivity contribution >= 4 is 23.0 Å². The third-order valence-electron chi connectivity index (χ3n) is 5.04. The molecule has 25 heavy (non-hydrogen) atoms. The molecule has 1 amide bonds. The van der Waals surface area contributed by atoms with Gasteiger partial charge < -0.3 is 18.6 Å². The predicted octanol–water partition coefficient (Wildman–Crippen LogP) is 5.42. The highest BCUT2D eigenvalue weighted by Gasteiger charge is 2.33. The quantitative estimate of drug-likeness (QED) is 0.317. The van der Waals surface area contributed by atoms with E-state index in [9.17, 15) is 4.79 Å². The second-order valence-electron chi connectivity index (χ2n) is 6.92. The molecule has 2 unspecified atom stereocenters. The summed E-state index contributed by atoms with van der Waals surface area (Å²) in [6.45, 7) is 16.1. The number of amides is 1. The van der Waals surface area contributed by atoms with Crippen LogP contribution in [0.4, 0.5) is 4.79 Å². The average molecular weight is 392 g/mol. The Kier molecular flexibility index (Phi) is 12.7. The first-order chi connectivity index (χ1) is 11.8. The summed E-state index contributed by atoms with van der Waals surface area (Å²) in [5.74, 6) is 0. The van der Waals surface area contributed by atoms with Gasteiger partial charge in [-0.05, 0) is 63.8 Å². The summed E-state index contributed by atoms with van der Waals surface area (Å²) in [6, 6.07) is 3.91. The molecule has 1 N–H and O–H groups in total. The summed E-state index contributed by atoms with van der Waals surface area (Å²) in [4.78, 5) is 12.0. The van der Waals surface area contributed by atoms with Crippen LogP contribution in [0.5, 0.6) is 0 Å². The molecule has 0 bridgehead atoms. The van der Waals surface area contributed by atoms with Crippen LogP contribution >= 0.6 is 0 Å². The summed E-state index contributed by atoms with van der Waals surface area (Å²) in [5, 5.41) is 2.92. The average Bonchev–Trinajstić information content (AvgIpc) is 2.59. The van der Waals surface area contributed by atoms with E-state index in [1.807, 2.05) is 6.92 Å². The molecule has 0 spiro atoms. The molecule has 0 aromatic carbocycles. The van der Waals surface area contributed by atoms with E-state index in [-0.39, 0.29) is 12.2 Å². The summed E-state index contributed by atoms with van der Waals surface area (Å²) < 4.78 is 17.9. The zero-order chi connectivity index (χ0) is 19.3. The highest BCUT2D eigenvalue weighted by Crippen LogP contribution is 2.22. The van der Waals surface area contributed by atoms with E-state index in [1.165, 1.54) is 0 Å². The Morgan fingerprint density at radius 2 is 1.64 bits per heavy atom. The van der Waals surface area contributed by atoms with Crippen LogP contribution in [0, 0.1) is 0 Å². The number of nitrogens with one attached hydrogen (secondary N) is 1. The molecule has 0 aliphatic carbocycles. The van der Waals surface area contributed by atoms with Crippen LogP contribution in [-0.4, -0.2) is 42.2 Å². The van der Waals surface area contributed by atoms with Crippen molar-refractivity contribution in [2.75, 3.05) is 13.2 Å². The molecule has 0 heterocycles. The van der Waals surface area contributed by atoms with E-state index in [0.717, 1.165) is 43.4 Å². The Morgan fingerprint density at radius 1 is 1.04 bits per heavy atom.